The average Bonchev–Trinajstić information content (AvgIpc) is 2.79. The van der Waals surface area contributed by atoms with E-state index in [1.807, 2.05) is 0 Å². The zero-order chi connectivity index (χ0) is 12.4. The van der Waals surface area contributed by atoms with E-state index in [2.05, 4.69) is 0 Å². The Labute approximate surface area is 102 Å². The minimum absolute atomic E-state index is 0.0639. The van der Waals surface area contributed by atoms with Crippen molar-refractivity contribution in [3.8, 4) is 5.75 Å². The van der Waals surface area contributed by atoms with Crippen molar-refractivity contribution in [3.63, 3.8) is 0 Å². The Balaban J connectivity index is 2.24. The molecule has 0 bridgehead atoms. The second kappa shape index (κ2) is 4.55. The van der Waals surface area contributed by atoms with Gasteiger partial charge in [-0.05, 0) is 18.2 Å². The molecule has 0 atom stereocenters. The number of nitrogen functional groups attached to an aromatic ring is 2. The number of ether oxygens (including phenoxy) is 1. The standard InChI is InChI=1S/C11H10ClFN2O2/c12-9-7(14)4-8(15)11(10(9)13)17-5-6-2-1-3-16-6/h1-4H,5,14-15H2. The summed E-state index contributed by atoms with van der Waals surface area (Å²) in [4.78, 5) is 0. The highest BCUT2D eigenvalue weighted by atomic mass is 35.5. The summed E-state index contributed by atoms with van der Waals surface area (Å²) in [6, 6.07) is 4.75. The average molecular weight is 257 g/mol. The molecule has 0 aliphatic heterocycles. The molecule has 0 fully saturated rings. The summed E-state index contributed by atoms with van der Waals surface area (Å²) < 4.78 is 24.0. The van der Waals surface area contributed by atoms with Crippen molar-refractivity contribution >= 4 is 23.0 Å². The number of halogens is 2. The molecule has 0 amide bonds. The molecule has 4 N–H and O–H groups in total. The molecule has 0 saturated carbocycles. The van der Waals surface area contributed by atoms with Crippen LogP contribution in [0.15, 0.2) is 28.9 Å². The lowest BCUT2D eigenvalue weighted by Gasteiger charge is -2.11. The van der Waals surface area contributed by atoms with Crippen molar-refractivity contribution in [2.45, 2.75) is 6.61 Å². The summed E-state index contributed by atoms with van der Waals surface area (Å²) in [7, 11) is 0. The Kier molecular flexibility index (Phi) is 3.10. The highest BCUT2D eigenvalue weighted by Crippen LogP contribution is 2.35. The number of anilines is 2. The third-order valence-electron chi connectivity index (χ3n) is 2.16. The van der Waals surface area contributed by atoms with Gasteiger partial charge in [-0.3, -0.25) is 0 Å². The summed E-state index contributed by atoms with van der Waals surface area (Å²) in [5.41, 5.74) is 11.2. The number of hydrogen-bond acceptors (Lipinski definition) is 4. The molecule has 17 heavy (non-hydrogen) atoms. The quantitative estimate of drug-likeness (QED) is 0.828. The van der Waals surface area contributed by atoms with Crippen LogP contribution in [0.3, 0.4) is 0 Å². The summed E-state index contributed by atoms with van der Waals surface area (Å²) in [6.07, 6.45) is 1.49. The van der Waals surface area contributed by atoms with Gasteiger partial charge in [0.05, 0.1) is 17.6 Å². The minimum Gasteiger partial charge on any atom is -0.480 e. The molecule has 0 aliphatic carbocycles. The largest absolute Gasteiger partial charge is 0.480 e. The second-order valence-corrected chi connectivity index (χ2v) is 3.76. The predicted molar refractivity (Wildman–Crippen MR) is 63.3 cm³/mol. The molecular formula is C11H10ClFN2O2. The zero-order valence-electron chi connectivity index (χ0n) is 8.74. The maximum Gasteiger partial charge on any atom is 0.187 e. The van der Waals surface area contributed by atoms with Crippen LogP contribution >= 0.6 is 11.6 Å². The van der Waals surface area contributed by atoms with Crippen LogP contribution in [0, 0.1) is 5.82 Å². The van der Waals surface area contributed by atoms with Crippen LogP contribution in [0.2, 0.25) is 5.02 Å². The van der Waals surface area contributed by atoms with Crippen molar-refractivity contribution in [1.29, 1.82) is 0 Å². The summed E-state index contributed by atoms with van der Waals surface area (Å²) >= 11 is 5.66. The van der Waals surface area contributed by atoms with Gasteiger partial charge in [0.2, 0.25) is 0 Å². The number of rotatable bonds is 3. The van der Waals surface area contributed by atoms with Gasteiger partial charge in [0.25, 0.3) is 0 Å². The van der Waals surface area contributed by atoms with Gasteiger partial charge in [0, 0.05) is 0 Å². The molecule has 2 aromatic rings. The Morgan fingerprint density at radius 2 is 2.12 bits per heavy atom. The molecule has 1 heterocycles. The molecule has 1 aromatic heterocycles. The van der Waals surface area contributed by atoms with E-state index in [1.54, 1.807) is 12.1 Å². The molecular weight excluding hydrogens is 247 g/mol. The lowest BCUT2D eigenvalue weighted by Crippen LogP contribution is -2.03. The van der Waals surface area contributed by atoms with Crippen LogP contribution in [0.1, 0.15) is 5.76 Å². The molecule has 0 unspecified atom stereocenters. The summed E-state index contributed by atoms with van der Waals surface area (Å²) in [6.45, 7) is 0.0639. The van der Waals surface area contributed by atoms with Crippen molar-refractivity contribution in [2.24, 2.45) is 0 Å². The van der Waals surface area contributed by atoms with Crippen LogP contribution < -0.4 is 16.2 Å². The number of furan rings is 1. The smallest absolute Gasteiger partial charge is 0.187 e. The van der Waals surface area contributed by atoms with Gasteiger partial charge in [-0.15, -0.1) is 0 Å². The first-order valence-electron chi connectivity index (χ1n) is 4.77. The van der Waals surface area contributed by atoms with Gasteiger partial charge < -0.3 is 20.6 Å². The number of nitrogens with two attached hydrogens (primary N) is 2. The normalized spacial score (nSPS) is 10.5. The Morgan fingerprint density at radius 3 is 2.76 bits per heavy atom. The van der Waals surface area contributed by atoms with Gasteiger partial charge in [0.1, 0.15) is 17.4 Å². The third-order valence-corrected chi connectivity index (χ3v) is 2.54. The fraction of sp³-hybridized carbons (Fsp3) is 0.0909. The van der Waals surface area contributed by atoms with Gasteiger partial charge in [-0.2, -0.15) is 0 Å². The van der Waals surface area contributed by atoms with E-state index in [1.165, 1.54) is 12.3 Å². The predicted octanol–water partition coefficient (Wildman–Crippen LogP) is 2.82. The first kappa shape index (κ1) is 11.6. The van der Waals surface area contributed by atoms with E-state index >= 15 is 0 Å². The van der Waals surface area contributed by atoms with E-state index in [0.29, 0.717) is 5.76 Å². The monoisotopic (exact) mass is 256 g/mol. The highest BCUT2D eigenvalue weighted by Gasteiger charge is 2.16. The van der Waals surface area contributed by atoms with E-state index in [-0.39, 0.29) is 28.8 Å². The topological polar surface area (TPSA) is 74.4 Å². The highest BCUT2D eigenvalue weighted by molar-refractivity contribution is 6.33. The fourth-order valence-electron chi connectivity index (χ4n) is 1.33. The third kappa shape index (κ3) is 2.29. The van der Waals surface area contributed by atoms with Crippen molar-refractivity contribution in [3.05, 3.63) is 41.1 Å². The van der Waals surface area contributed by atoms with Crippen LogP contribution in [-0.2, 0) is 6.61 Å². The van der Waals surface area contributed by atoms with Crippen LogP contribution in [0.4, 0.5) is 15.8 Å². The Hall–Kier alpha value is -1.88. The van der Waals surface area contributed by atoms with Crippen LogP contribution in [0.5, 0.6) is 5.75 Å². The molecule has 0 aliphatic rings. The van der Waals surface area contributed by atoms with E-state index in [9.17, 15) is 4.39 Å². The van der Waals surface area contributed by atoms with E-state index in [4.69, 9.17) is 32.2 Å². The zero-order valence-corrected chi connectivity index (χ0v) is 9.50. The number of benzene rings is 1. The van der Waals surface area contributed by atoms with Gasteiger partial charge in [0.15, 0.2) is 11.6 Å². The summed E-state index contributed by atoms with van der Waals surface area (Å²) in [5, 5.41) is -0.200. The van der Waals surface area contributed by atoms with Gasteiger partial charge in [-0.25, -0.2) is 4.39 Å². The minimum atomic E-state index is -0.768. The Morgan fingerprint density at radius 1 is 1.35 bits per heavy atom. The molecule has 2 rings (SSSR count). The van der Waals surface area contributed by atoms with Gasteiger partial charge >= 0.3 is 0 Å². The van der Waals surface area contributed by atoms with E-state index < -0.39 is 5.82 Å². The fourth-order valence-corrected chi connectivity index (χ4v) is 1.47. The molecule has 1 aromatic carbocycles. The lowest BCUT2D eigenvalue weighted by atomic mass is 10.2. The Bertz CT molecular complexity index is 529. The molecule has 0 spiro atoms. The van der Waals surface area contributed by atoms with Crippen LogP contribution in [0.25, 0.3) is 0 Å². The molecule has 0 radical (unpaired) electrons. The van der Waals surface area contributed by atoms with Crippen molar-refractivity contribution in [1.82, 2.24) is 0 Å². The molecule has 0 saturated heterocycles. The first-order chi connectivity index (χ1) is 8.09. The van der Waals surface area contributed by atoms with Crippen LogP contribution in [-0.4, -0.2) is 0 Å². The summed E-state index contributed by atoms with van der Waals surface area (Å²) in [5.74, 6) is -0.340. The first-order valence-corrected chi connectivity index (χ1v) is 5.15. The molecule has 6 heteroatoms. The van der Waals surface area contributed by atoms with E-state index in [0.717, 1.165) is 0 Å². The lowest BCUT2D eigenvalue weighted by molar-refractivity contribution is 0.260. The van der Waals surface area contributed by atoms with Crippen molar-refractivity contribution in [2.75, 3.05) is 11.5 Å². The second-order valence-electron chi connectivity index (χ2n) is 3.38. The van der Waals surface area contributed by atoms with Gasteiger partial charge in [-0.1, -0.05) is 11.6 Å². The maximum atomic E-state index is 13.7. The van der Waals surface area contributed by atoms with Crippen molar-refractivity contribution < 1.29 is 13.5 Å². The molecule has 4 nitrogen and oxygen atoms in total. The molecule has 90 valence electrons. The number of hydrogen-bond donors (Lipinski definition) is 2. The SMILES string of the molecule is Nc1cc(N)c(OCc2ccco2)c(F)c1Cl. The maximum absolute atomic E-state index is 13.7.